The number of ether oxygens (including phenoxy) is 4. The first kappa shape index (κ1) is 33.0. The summed E-state index contributed by atoms with van der Waals surface area (Å²) in [5.74, 6) is 1.19. The molecule has 1 saturated carbocycles. The standard InChI is InChI=1S/C36H43FN6O6/c1-22-17-46-18-23(2)43(22)33(44)26-12-24(37)6-7-29(26)48-31-15-38-21-40-32(31)42-19-36(20-42)13-25(14-36)47-30-8-10-39-28-9-11-41(16-27(28)30)34(45)49-35(3,4)5/h6-8,10,12,15,21-23,25H,9,11,13-14,16-20H2,1-5H3/t22-,23-/m1/s1. The Morgan fingerprint density at radius 2 is 1.78 bits per heavy atom. The minimum atomic E-state index is -0.565. The van der Waals surface area contributed by atoms with E-state index >= 15 is 0 Å². The molecule has 1 aliphatic carbocycles. The van der Waals surface area contributed by atoms with Gasteiger partial charge in [-0.25, -0.2) is 19.2 Å². The molecule has 7 rings (SSSR count). The molecule has 12 nitrogen and oxygen atoms in total. The number of carbonyl (C=O) groups excluding carboxylic acids is 2. The molecule has 2 saturated heterocycles. The summed E-state index contributed by atoms with van der Waals surface area (Å²) in [4.78, 5) is 45.3. The predicted molar refractivity (Wildman–Crippen MR) is 177 cm³/mol. The summed E-state index contributed by atoms with van der Waals surface area (Å²) in [7, 11) is 0. The summed E-state index contributed by atoms with van der Waals surface area (Å²) in [6, 6.07) is 5.54. The topological polar surface area (TPSA) is 119 Å². The maximum absolute atomic E-state index is 14.4. The maximum Gasteiger partial charge on any atom is 0.410 e. The second-order valence-electron chi connectivity index (χ2n) is 14.8. The van der Waals surface area contributed by atoms with Crippen LogP contribution in [0.4, 0.5) is 15.0 Å². The number of morpholine rings is 1. The molecule has 2 aromatic heterocycles. The average molecular weight is 675 g/mol. The molecule has 4 aliphatic rings. The van der Waals surface area contributed by atoms with Crippen molar-refractivity contribution in [1.82, 2.24) is 24.8 Å². The van der Waals surface area contributed by atoms with Crippen LogP contribution in [0, 0.1) is 11.2 Å². The number of benzene rings is 1. The first-order chi connectivity index (χ1) is 23.4. The Hall–Kier alpha value is -4.52. The van der Waals surface area contributed by atoms with Gasteiger partial charge in [0.2, 0.25) is 0 Å². The van der Waals surface area contributed by atoms with Crippen molar-refractivity contribution in [3.63, 3.8) is 0 Å². The quantitative estimate of drug-likeness (QED) is 0.337. The van der Waals surface area contributed by atoms with Gasteiger partial charge in [0, 0.05) is 43.2 Å². The van der Waals surface area contributed by atoms with Gasteiger partial charge in [-0.1, -0.05) is 0 Å². The van der Waals surface area contributed by atoms with Crippen LogP contribution < -0.4 is 14.4 Å². The van der Waals surface area contributed by atoms with Gasteiger partial charge in [0.1, 0.15) is 35.3 Å². The smallest absolute Gasteiger partial charge is 0.410 e. The zero-order chi connectivity index (χ0) is 34.5. The number of fused-ring (bicyclic) bond motifs is 1. The van der Waals surface area contributed by atoms with Crippen molar-refractivity contribution in [1.29, 1.82) is 0 Å². The Kier molecular flexibility index (Phi) is 8.58. The van der Waals surface area contributed by atoms with Crippen LogP contribution in [0.15, 0.2) is 43.0 Å². The van der Waals surface area contributed by atoms with Gasteiger partial charge in [-0.15, -0.1) is 0 Å². The number of carbonyl (C=O) groups is 2. The Bertz CT molecular complexity index is 1730. The molecule has 3 fully saturated rings. The largest absolute Gasteiger partial charge is 0.490 e. The molecule has 3 aliphatic heterocycles. The fourth-order valence-corrected chi connectivity index (χ4v) is 7.38. The zero-order valence-electron chi connectivity index (χ0n) is 28.6. The van der Waals surface area contributed by atoms with E-state index in [9.17, 15) is 14.0 Å². The molecule has 0 N–H and O–H groups in total. The first-order valence-electron chi connectivity index (χ1n) is 16.9. The van der Waals surface area contributed by atoms with Crippen LogP contribution in [0.3, 0.4) is 0 Å². The van der Waals surface area contributed by atoms with Gasteiger partial charge in [0.05, 0.1) is 49.3 Å². The molecule has 0 bridgehead atoms. The molecular weight excluding hydrogens is 631 g/mol. The number of aromatic nitrogens is 3. The lowest BCUT2D eigenvalue weighted by molar-refractivity contribution is -0.0353. The normalized spacial score (nSPS) is 21.8. The van der Waals surface area contributed by atoms with Crippen molar-refractivity contribution >= 4 is 17.8 Å². The van der Waals surface area contributed by atoms with E-state index in [0.717, 1.165) is 42.9 Å². The van der Waals surface area contributed by atoms with Crippen molar-refractivity contribution in [2.45, 2.75) is 84.2 Å². The van der Waals surface area contributed by atoms with E-state index in [4.69, 9.17) is 18.9 Å². The number of hydrogen-bond acceptors (Lipinski definition) is 10. The number of rotatable bonds is 6. The van der Waals surface area contributed by atoms with Gasteiger partial charge >= 0.3 is 6.09 Å². The number of amides is 2. The maximum atomic E-state index is 14.4. The molecule has 260 valence electrons. The molecular formula is C36H43FN6O6. The Morgan fingerprint density at radius 1 is 1.02 bits per heavy atom. The molecule has 2 amide bonds. The molecule has 13 heteroatoms. The molecule has 1 spiro atoms. The van der Waals surface area contributed by atoms with Crippen molar-refractivity contribution in [2.24, 2.45) is 5.41 Å². The van der Waals surface area contributed by atoms with E-state index in [2.05, 4.69) is 19.9 Å². The molecule has 2 atom stereocenters. The number of hydrogen-bond donors (Lipinski definition) is 0. The van der Waals surface area contributed by atoms with Gasteiger partial charge < -0.3 is 33.6 Å². The zero-order valence-corrected chi connectivity index (χ0v) is 28.6. The summed E-state index contributed by atoms with van der Waals surface area (Å²) in [5, 5.41) is 0. The van der Waals surface area contributed by atoms with Gasteiger partial charge in [-0.05, 0) is 71.7 Å². The fraction of sp³-hybridized carbons (Fsp3) is 0.528. The monoisotopic (exact) mass is 674 g/mol. The van der Waals surface area contributed by atoms with Crippen molar-refractivity contribution in [2.75, 3.05) is 37.7 Å². The predicted octanol–water partition coefficient (Wildman–Crippen LogP) is 5.39. The Balaban J connectivity index is 0.996. The molecule has 0 unspecified atom stereocenters. The van der Waals surface area contributed by atoms with E-state index in [-0.39, 0.29) is 46.9 Å². The number of pyridine rings is 1. The molecule has 1 aromatic carbocycles. The number of anilines is 1. The number of nitrogens with zero attached hydrogens (tertiary/aromatic N) is 6. The third-order valence-electron chi connectivity index (χ3n) is 9.64. The van der Waals surface area contributed by atoms with Crippen LogP contribution in [0.1, 0.15) is 69.1 Å². The minimum absolute atomic E-state index is 0.0458. The third kappa shape index (κ3) is 6.72. The lowest BCUT2D eigenvalue weighted by Gasteiger charge is -2.59. The van der Waals surface area contributed by atoms with E-state index < -0.39 is 11.4 Å². The SMILES string of the molecule is C[C@@H]1COC[C@@H](C)N1C(=O)c1cc(F)ccc1Oc1cncnc1N1CC2(CC(Oc3ccnc4c3CN(C(=O)OC(C)(C)C)CC4)C2)C1. The number of halogens is 1. The molecule has 0 radical (unpaired) electrons. The second kappa shape index (κ2) is 12.7. The van der Waals surface area contributed by atoms with Crippen LogP contribution in [0.2, 0.25) is 0 Å². The van der Waals surface area contributed by atoms with E-state index in [0.29, 0.717) is 44.3 Å². The van der Waals surface area contributed by atoms with Gasteiger partial charge in [0.15, 0.2) is 11.6 Å². The summed E-state index contributed by atoms with van der Waals surface area (Å²) in [6.07, 6.45) is 6.94. The van der Waals surface area contributed by atoms with E-state index in [1.807, 2.05) is 40.7 Å². The second-order valence-corrected chi connectivity index (χ2v) is 14.8. The van der Waals surface area contributed by atoms with Crippen LogP contribution in [-0.2, 0) is 22.4 Å². The Labute approximate surface area is 285 Å². The highest BCUT2D eigenvalue weighted by Gasteiger charge is 2.54. The minimum Gasteiger partial charge on any atom is -0.490 e. The molecule has 49 heavy (non-hydrogen) atoms. The Morgan fingerprint density at radius 3 is 2.51 bits per heavy atom. The first-order valence-corrected chi connectivity index (χ1v) is 16.9. The van der Waals surface area contributed by atoms with E-state index in [1.165, 1.54) is 24.5 Å². The summed E-state index contributed by atoms with van der Waals surface area (Å²) in [5.41, 5.74) is 1.56. The van der Waals surface area contributed by atoms with Crippen LogP contribution in [-0.4, -0.2) is 93.4 Å². The van der Waals surface area contributed by atoms with Crippen molar-refractivity contribution in [3.8, 4) is 17.2 Å². The lowest BCUT2D eigenvalue weighted by Crippen LogP contribution is -2.65. The van der Waals surface area contributed by atoms with Gasteiger partial charge in [-0.3, -0.25) is 9.78 Å². The summed E-state index contributed by atoms with van der Waals surface area (Å²) in [6.45, 7) is 12.7. The van der Waals surface area contributed by atoms with Gasteiger partial charge in [0.25, 0.3) is 5.91 Å². The molecule has 3 aromatic rings. The third-order valence-corrected chi connectivity index (χ3v) is 9.64. The van der Waals surface area contributed by atoms with Crippen LogP contribution in [0.25, 0.3) is 0 Å². The average Bonchev–Trinajstić information content (AvgIpc) is 3.01. The highest BCUT2D eigenvalue weighted by Crippen LogP contribution is 2.52. The van der Waals surface area contributed by atoms with Crippen LogP contribution >= 0.6 is 0 Å². The van der Waals surface area contributed by atoms with Crippen LogP contribution in [0.5, 0.6) is 17.2 Å². The highest BCUT2D eigenvalue weighted by molar-refractivity contribution is 5.97. The van der Waals surface area contributed by atoms with Gasteiger partial charge in [-0.2, -0.15) is 0 Å². The fourth-order valence-electron chi connectivity index (χ4n) is 7.38. The molecule has 5 heterocycles. The summed E-state index contributed by atoms with van der Waals surface area (Å²) >= 11 is 0. The van der Waals surface area contributed by atoms with Crippen molar-refractivity contribution in [3.05, 3.63) is 65.6 Å². The lowest BCUT2D eigenvalue weighted by atomic mass is 9.61. The summed E-state index contributed by atoms with van der Waals surface area (Å²) < 4.78 is 38.4. The van der Waals surface area contributed by atoms with Crippen molar-refractivity contribution < 1.29 is 32.9 Å². The highest BCUT2D eigenvalue weighted by atomic mass is 19.1. The van der Waals surface area contributed by atoms with E-state index in [1.54, 1.807) is 22.2 Å².